The van der Waals surface area contributed by atoms with Crippen LogP contribution in [0, 0.1) is 0 Å². The molecule has 3 nitrogen and oxygen atoms in total. The Morgan fingerprint density at radius 1 is 1.35 bits per heavy atom. The fourth-order valence-corrected chi connectivity index (χ4v) is 3.68. The third-order valence-corrected chi connectivity index (χ3v) is 4.56. The molecule has 2 heterocycles. The van der Waals surface area contributed by atoms with Crippen molar-refractivity contribution >= 4 is 11.0 Å². The van der Waals surface area contributed by atoms with Crippen LogP contribution in [0.25, 0.3) is 11.0 Å². The Balaban J connectivity index is 2.21. The molecule has 20 heavy (non-hydrogen) atoms. The molecule has 1 atom stereocenters. The van der Waals surface area contributed by atoms with Gasteiger partial charge in [-0.15, -0.1) is 0 Å². The van der Waals surface area contributed by atoms with E-state index in [-0.39, 0.29) is 5.41 Å². The Bertz CT molecular complexity index is 591. The monoisotopic (exact) mass is 271 g/mol. The predicted molar refractivity (Wildman–Crippen MR) is 84.2 cm³/mol. The second kappa shape index (κ2) is 5.21. The minimum Gasteiger partial charge on any atom is -0.325 e. The summed E-state index contributed by atoms with van der Waals surface area (Å²) in [4.78, 5) is 5.03. The zero-order valence-corrected chi connectivity index (χ0v) is 12.8. The van der Waals surface area contributed by atoms with Crippen molar-refractivity contribution in [1.29, 1.82) is 0 Å². The Labute approximate surface area is 121 Å². The van der Waals surface area contributed by atoms with Crippen LogP contribution in [0.1, 0.15) is 51.9 Å². The summed E-state index contributed by atoms with van der Waals surface area (Å²) in [6.07, 6.45) is 3.63. The summed E-state index contributed by atoms with van der Waals surface area (Å²) >= 11 is 0. The standard InChI is InChI=1S/C17H25N3/c1-4-9-17(10-11-18-12-17)16-19-14-7-5-6-8-15(14)20(16)13(2)3/h5-8,13,18H,4,9-12H2,1-3H3. The number of rotatable bonds is 4. The average Bonchev–Trinajstić information content (AvgIpc) is 3.03. The highest BCUT2D eigenvalue weighted by molar-refractivity contribution is 5.76. The number of hydrogen-bond acceptors (Lipinski definition) is 2. The number of nitrogens with zero attached hydrogens (tertiary/aromatic N) is 2. The molecule has 1 aliphatic heterocycles. The number of imidazole rings is 1. The summed E-state index contributed by atoms with van der Waals surface area (Å²) < 4.78 is 2.46. The molecule has 3 rings (SSSR count). The van der Waals surface area contributed by atoms with Gasteiger partial charge in [0, 0.05) is 18.0 Å². The maximum atomic E-state index is 5.03. The van der Waals surface area contributed by atoms with Crippen LogP contribution in [0.5, 0.6) is 0 Å². The largest absolute Gasteiger partial charge is 0.325 e. The number of nitrogens with one attached hydrogen (secondary N) is 1. The van der Waals surface area contributed by atoms with Crippen molar-refractivity contribution in [3.63, 3.8) is 0 Å². The normalized spacial score (nSPS) is 23.0. The van der Waals surface area contributed by atoms with E-state index in [9.17, 15) is 0 Å². The number of aromatic nitrogens is 2. The van der Waals surface area contributed by atoms with Gasteiger partial charge in [-0.1, -0.05) is 25.5 Å². The number of fused-ring (bicyclic) bond motifs is 1. The maximum Gasteiger partial charge on any atom is 0.117 e. The first-order valence-electron chi connectivity index (χ1n) is 7.86. The Morgan fingerprint density at radius 3 is 2.80 bits per heavy atom. The van der Waals surface area contributed by atoms with Crippen molar-refractivity contribution in [3.05, 3.63) is 30.1 Å². The van der Waals surface area contributed by atoms with Crippen molar-refractivity contribution in [2.75, 3.05) is 13.1 Å². The predicted octanol–water partition coefficient (Wildman–Crippen LogP) is 3.65. The lowest BCUT2D eigenvalue weighted by atomic mass is 9.81. The highest BCUT2D eigenvalue weighted by Gasteiger charge is 2.39. The molecule has 1 saturated heterocycles. The molecule has 0 saturated carbocycles. The van der Waals surface area contributed by atoms with Gasteiger partial charge in [-0.3, -0.25) is 0 Å². The van der Waals surface area contributed by atoms with Gasteiger partial charge in [-0.05, 0) is 45.4 Å². The van der Waals surface area contributed by atoms with E-state index in [0.29, 0.717) is 6.04 Å². The quantitative estimate of drug-likeness (QED) is 0.920. The van der Waals surface area contributed by atoms with E-state index >= 15 is 0 Å². The van der Waals surface area contributed by atoms with Crippen molar-refractivity contribution in [1.82, 2.24) is 14.9 Å². The zero-order valence-electron chi connectivity index (χ0n) is 12.8. The fourth-order valence-electron chi connectivity index (χ4n) is 3.68. The lowest BCUT2D eigenvalue weighted by Gasteiger charge is -2.29. The summed E-state index contributed by atoms with van der Waals surface area (Å²) in [5.41, 5.74) is 2.64. The van der Waals surface area contributed by atoms with E-state index < -0.39 is 0 Å². The van der Waals surface area contributed by atoms with Crippen molar-refractivity contribution < 1.29 is 0 Å². The lowest BCUT2D eigenvalue weighted by Crippen LogP contribution is -2.33. The summed E-state index contributed by atoms with van der Waals surface area (Å²) in [6.45, 7) is 8.99. The molecule has 0 spiro atoms. The van der Waals surface area contributed by atoms with Crippen molar-refractivity contribution in [2.24, 2.45) is 0 Å². The third kappa shape index (κ3) is 2.05. The van der Waals surface area contributed by atoms with Crippen molar-refractivity contribution in [3.8, 4) is 0 Å². The summed E-state index contributed by atoms with van der Waals surface area (Å²) in [5, 5.41) is 3.55. The van der Waals surface area contributed by atoms with Crippen LogP contribution in [0.4, 0.5) is 0 Å². The topological polar surface area (TPSA) is 29.9 Å². The molecule has 1 aromatic heterocycles. The van der Waals surface area contributed by atoms with Gasteiger partial charge in [0.05, 0.1) is 11.0 Å². The zero-order chi connectivity index (χ0) is 14.2. The molecule has 108 valence electrons. The van der Waals surface area contributed by atoms with E-state index in [1.54, 1.807) is 0 Å². The van der Waals surface area contributed by atoms with E-state index in [1.165, 1.54) is 30.6 Å². The van der Waals surface area contributed by atoms with Gasteiger partial charge in [-0.25, -0.2) is 4.98 Å². The smallest absolute Gasteiger partial charge is 0.117 e. The van der Waals surface area contributed by atoms with E-state index in [4.69, 9.17) is 4.98 Å². The highest BCUT2D eigenvalue weighted by atomic mass is 15.1. The number of hydrogen-bond donors (Lipinski definition) is 1. The number of para-hydroxylation sites is 2. The molecule has 1 aliphatic rings. The van der Waals surface area contributed by atoms with E-state index in [0.717, 1.165) is 18.6 Å². The van der Waals surface area contributed by atoms with Crippen LogP contribution in [0.15, 0.2) is 24.3 Å². The second-order valence-electron chi connectivity index (χ2n) is 6.34. The Kier molecular flexibility index (Phi) is 3.55. The fraction of sp³-hybridized carbons (Fsp3) is 0.588. The molecule has 0 amide bonds. The van der Waals surface area contributed by atoms with Gasteiger partial charge in [0.15, 0.2) is 0 Å². The van der Waals surface area contributed by atoms with Gasteiger partial charge in [0.1, 0.15) is 5.82 Å². The molecule has 0 radical (unpaired) electrons. The van der Waals surface area contributed by atoms with Gasteiger partial charge < -0.3 is 9.88 Å². The molecule has 0 aliphatic carbocycles. The molecule has 2 aromatic rings. The van der Waals surface area contributed by atoms with Gasteiger partial charge in [0.2, 0.25) is 0 Å². The van der Waals surface area contributed by atoms with E-state index in [1.807, 2.05) is 0 Å². The van der Waals surface area contributed by atoms with Crippen molar-refractivity contribution in [2.45, 2.75) is 51.5 Å². The van der Waals surface area contributed by atoms with E-state index in [2.05, 4.69) is 54.9 Å². The minimum absolute atomic E-state index is 0.220. The molecule has 3 heteroatoms. The molecule has 1 unspecified atom stereocenters. The first-order chi connectivity index (χ1) is 9.68. The van der Waals surface area contributed by atoms with Crippen LogP contribution in [-0.2, 0) is 5.41 Å². The maximum absolute atomic E-state index is 5.03. The second-order valence-corrected chi connectivity index (χ2v) is 6.34. The van der Waals surface area contributed by atoms with Crippen LogP contribution < -0.4 is 5.32 Å². The van der Waals surface area contributed by atoms with Crippen LogP contribution >= 0.6 is 0 Å². The van der Waals surface area contributed by atoms with Gasteiger partial charge >= 0.3 is 0 Å². The van der Waals surface area contributed by atoms with Crippen LogP contribution in [-0.4, -0.2) is 22.6 Å². The molecule has 1 fully saturated rings. The summed E-state index contributed by atoms with van der Waals surface area (Å²) in [5.74, 6) is 1.29. The van der Waals surface area contributed by atoms with Crippen LogP contribution in [0.3, 0.4) is 0 Å². The van der Waals surface area contributed by atoms with Gasteiger partial charge in [-0.2, -0.15) is 0 Å². The highest BCUT2D eigenvalue weighted by Crippen LogP contribution is 2.37. The molecule has 1 N–H and O–H groups in total. The first-order valence-corrected chi connectivity index (χ1v) is 7.86. The summed E-state index contributed by atoms with van der Waals surface area (Å²) in [7, 11) is 0. The SMILES string of the molecule is CCCC1(c2nc3ccccc3n2C(C)C)CCNC1. The molecular formula is C17H25N3. The van der Waals surface area contributed by atoms with Crippen LogP contribution in [0.2, 0.25) is 0 Å². The summed E-state index contributed by atoms with van der Waals surface area (Å²) in [6, 6.07) is 9.00. The Hall–Kier alpha value is -1.35. The minimum atomic E-state index is 0.220. The third-order valence-electron chi connectivity index (χ3n) is 4.56. The Morgan fingerprint density at radius 2 is 2.15 bits per heavy atom. The first kappa shape index (κ1) is 13.6. The number of benzene rings is 1. The molecular weight excluding hydrogens is 246 g/mol. The average molecular weight is 271 g/mol. The molecule has 1 aromatic carbocycles. The lowest BCUT2D eigenvalue weighted by molar-refractivity contribution is 0.376. The van der Waals surface area contributed by atoms with Gasteiger partial charge in [0.25, 0.3) is 0 Å². The molecule has 0 bridgehead atoms.